The van der Waals surface area contributed by atoms with E-state index in [9.17, 15) is 8.42 Å². The lowest BCUT2D eigenvalue weighted by Gasteiger charge is -2.30. The van der Waals surface area contributed by atoms with Crippen LogP contribution in [0, 0.1) is 6.92 Å². The zero-order valence-electron chi connectivity index (χ0n) is 11.0. The molecule has 2 heterocycles. The van der Waals surface area contributed by atoms with Gasteiger partial charge >= 0.3 is 0 Å². The van der Waals surface area contributed by atoms with Crippen LogP contribution in [-0.2, 0) is 21.8 Å². The summed E-state index contributed by atoms with van der Waals surface area (Å²) in [4.78, 5) is 4.10. The van der Waals surface area contributed by atoms with Crippen LogP contribution in [-0.4, -0.2) is 48.1 Å². The van der Waals surface area contributed by atoms with E-state index in [1.165, 1.54) is 4.31 Å². The number of hydrogen-bond donors (Lipinski definition) is 0. The summed E-state index contributed by atoms with van der Waals surface area (Å²) in [7, 11) is -1.70. The molecule has 1 aliphatic heterocycles. The van der Waals surface area contributed by atoms with Crippen LogP contribution in [0.15, 0.2) is 11.2 Å². The molecule has 102 valence electrons. The van der Waals surface area contributed by atoms with Gasteiger partial charge in [-0.25, -0.2) is 13.4 Å². The first-order valence-corrected chi connectivity index (χ1v) is 7.51. The van der Waals surface area contributed by atoms with E-state index in [0.717, 1.165) is 6.42 Å². The molecule has 1 aromatic rings. The van der Waals surface area contributed by atoms with Gasteiger partial charge in [0, 0.05) is 26.3 Å². The number of aromatic nitrogens is 2. The highest BCUT2D eigenvalue weighted by molar-refractivity contribution is 7.89. The third-order valence-electron chi connectivity index (χ3n) is 3.25. The topological polar surface area (TPSA) is 64.4 Å². The number of sulfonamides is 1. The van der Waals surface area contributed by atoms with Crippen molar-refractivity contribution in [3.8, 4) is 0 Å². The smallest absolute Gasteiger partial charge is 0.262 e. The Hall–Kier alpha value is -0.920. The van der Waals surface area contributed by atoms with Crippen LogP contribution in [0.3, 0.4) is 0 Å². The molecule has 0 bridgehead atoms. The normalized spacial score (nSPS) is 22.3. The molecule has 0 N–H and O–H groups in total. The van der Waals surface area contributed by atoms with Crippen molar-refractivity contribution in [1.82, 2.24) is 13.9 Å². The lowest BCUT2D eigenvalue weighted by Crippen LogP contribution is -2.45. The molecular weight excluding hydrogens is 254 g/mol. The first-order valence-electron chi connectivity index (χ1n) is 6.07. The fourth-order valence-electron chi connectivity index (χ4n) is 1.94. The summed E-state index contributed by atoms with van der Waals surface area (Å²) in [6.45, 7) is 5.03. The zero-order chi connectivity index (χ0) is 13.3. The molecule has 1 atom stereocenters. The van der Waals surface area contributed by atoms with Crippen LogP contribution < -0.4 is 0 Å². The number of morpholine rings is 1. The van der Waals surface area contributed by atoms with Crippen molar-refractivity contribution in [2.75, 3.05) is 19.7 Å². The molecule has 0 radical (unpaired) electrons. The van der Waals surface area contributed by atoms with Crippen molar-refractivity contribution in [3.05, 3.63) is 12.0 Å². The highest BCUT2D eigenvalue weighted by Crippen LogP contribution is 2.18. The Bertz CT molecular complexity index is 504. The SMILES string of the molecule is CCC1CN(S(=O)(=O)c2cn(C)c(C)n2)CCO1. The molecule has 1 fully saturated rings. The van der Waals surface area contributed by atoms with Gasteiger partial charge in [-0.15, -0.1) is 0 Å². The number of nitrogens with zero attached hydrogens (tertiary/aromatic N) is 3. The lowest BCUT2D eigenvalue weighted by molar-refractivity contribution is -0.00284. The minimum absolute atomic E-state index is 0.0154. The largest absolute Gasteiger partial charge is 0.375 e. The summed E-state index contributed by atoms with van der Waals surface area (Å²) in [6, 6.07) is 0. The molecule has 6 nitrogen and oxygen atoms in total. The van der Waals surface area contributed by atoms with Crippen LogP contribution in [0.4, 0.5) is 0 Å². The summed E-state index contributed by atoms with van der Waals surface area (Å²) in [6.07, 6.45) is 2.35. The Morgan fingerprint density at radius 1 is 1.56 bits per heavy atom. The molecule has 18 heavy (non-hydrogen) atoms. The minimum Gasteiger partial charge on any atom is -0.375 e. The summed E-state index contributed by atoms with van der Waals surface area (Å²) in [5.41, 5.74) is 0. The minimum atomic E-state index is -3.49. The first kappa shape index (κ1) is 13.5. The number of aryl methyl sites for hydroxylation is 2. The van der Waals surface area contributed by atoms with E-state index < -0.39 is 10.0 Å². The number of rotatable bonds is 3. The van der Waals surface area contributed by atoms with Crippen molar-refractivity contribution >= 4 is 10.0 Å². The van der Waals surface area contributed by atoms with Gasteiger partial charge in [-0.2, -0.15) is 4.31 Å². The number of ether oxygens (including phenoxy) is 1. The third kappa shape index (κ3) is 2.43. The van der Waals surface area contributed by atoms with Crippen molar-refractivity contribution in [2.24, 2.45) is 7.05 Å². The predicted octanol–water partition coefficient (Wildman–Crippen LogP) is 0.528. The van der Waals surface area contributed by atoms with Crippen LogP contribution in [0.5, 0.6) is 0 Å². The van der Waals surface area contributed by atoms with E-state index in [2.05, 4.69) is 4.98 Å². The second-order valence-corrected chi connectivity index (χ2v) is 6.39. The highest BCUT2D eigenvalue weighted by Gasteiger charge is 2.31. The van der Waals surface area contributed by atoms with Crippen molar-refractivity contribution in [1.29, 1.82) is 0 Å². The van der Waals surface area contributed by atoms with Gasteiger partial charge in [0.1, 0.15) is 5.82 Å². The van der Waals surface area contributed by atoms with Crippen molar-refractivity contribution in [3.63, 3.8) is 0 Å². The maximum absolute atomic E-state index is 12.4. The highest BCUT2D eigenvalue weighted by atomic mass is 32.2. The predicted molar refractivity (Wildman–Crippen MR) is 66.7 cm³/mol. The third-order valence-corrected chi connectivity index (χ3v) is 4.98. The van der Waals surface area contributed by atoms with Gasteiger partial charge in [0.15, 0.2) is 5.03 Å². The van der Waals surface area contributed by atoms with E-state index in [-0.39, 0.29) is 11.1 Å². The standard InChI is InChI=1S/C11H19N3O3S/c1-4-10-7-14(5-6-17-10)18(15,16)11-8-13(3)9(2)12-11/h8,10H,4-7H2,1-3H3. The Balaban J connectivity index is 2.25. The molecule has 1 saturated heterocycles. The molecule has 1 unspecified atom stereocenters. The molecule has 1 aromatic heterocycles. The van der Waals surface area contributed by atoms with Gasteiger partial charge in [-0.3, -0.25) is 0 Å². The lowest BCUT2D eigenvalue weighted by atomic mass is 10.2. The fourth-order valence-corrected chi connectivity index (χ4v) is 3.42. The molecular formula is C11H19N3O3S. The van der Waals surface area contributed by atoms with Gasteiger partial charge in [0.2, 0.25) is 0 Å². The molecule has 2 rings (SSSR count). The molecule has 0 amide bonds. The maximum atomic E-state index is 12.4. The Morgan fingerprint density at radius 2 is 2.28 bits per heavy atom. The number of imidazole rings is 1. The summed E-state index contributed by atoms with van der Waals surface area (Å²) in [5.74, 6) is 0.689. The quantitative estimate of drug-likeness (QED) is 0.806. The monoisotopic (exact) mass is 273 g/mol. The second kappa shape index (κ2) is 4.99. The molecule has 0 aliphatic carbocycles. The van der Waals surface area contributed by atoms with Gasteiger partial charge in [-0.05, 0) is 13.3 Å². The van der Waals surface area contributed by atoms with Gasteiger partial charge in [0.05, 0.1) is 12.7 Å². The Labute approximate surface area is 108 Å². The zero-order valence-corrected chi connectivity index (χ0v) is 11.8. The van der Waals surface area contributed by atoms with Gasteiger partial charge in [-0.1, -0.05) is 6.92 Å². The summed E-state index contributed by atoms with van der Waals surface area (Å²) < 4.78 is 33.5. The average molecular weight is 273 g/mol. The van der Waals surface area contributed by atoms with Crippen LogP contribution in [0.25, 0.3) is 0 Å². The molecule has 0 spiro atoms. The second-order valence-electron chi connectivity index (χ2n) is 4.50. The van der Waals surface area contributed by atoms with Crippen LogP contribution >= 0.6 is 0 Å². The van der Waals surface area contributed by atoms with E-state index >= 15 is 0 Å². The van der Waals surface area contributed by atoms with Crippen LogP contribution in [0.2, 0.25) is 0 Å². The molecule has 0 saturated carbocycles. The van der Waals surface area contributed by atoms with E-state index in [1.807, 2.05) is 6.92 Å². The van der Waals surface area contributed by atoms with Crippen molar-refractivity contribution in [2.45, 2.75) is 31.4 Å². The number of hydrogen-bond acceptors (Lipinski definition) is 4. The van der Waals surface area contributed by atoms with E-state index in [4.69, 9.17) is 4.74 Å². The van der Waals surface area contributed by atoms with Crippen LogP contribution in [0.1, 0.15) is 19.2 Å². The summed E-state index contributed by atoms with van der Waals surface area (Å²) >= 11 is 0. The van der Waals surface area contributed by atoms with E-state index in [0.29, 0.717) is 25.5 Å². The molecule has 7 heteroatoms. The molecule has 1 aliphatic rings. The first-order chi connectivity index (χ1) is 8.45. The van der Waals surface area contributed by atoms with E-state index in [1.54, 1.807) is 24.7 Å². The van der Waals surface area contributed by atoms with Gasteiger partial charge < -0.3 is 9.30 Å². The van der Waals surface area contributed by atoms with Crippen molar-refractivity contribution < 1.29 is 13.2 Å². The Kier molecular flexibility index (Phi) is 3.74. The van der Waals surface area contributed by atoms with Gasteiger partial charge in [0.25, 0.3) is 10.0 Å². The molecule has 0 aromatic carbocycles. The fraction of sp³-hybridized carbons (Fsp3) is 0.727. The summed E-state index contributed by atoms with van der Waals surface area (Å²) in [5, 5.41) is 0.124. The maximum Gasteiger partial charge on any atom is 0.262 e. The average Bonchev–Trinajstić information content (AvgIpc) is 2.70. The Morgan fingerprint density at radius 3 is 2.83 bits per heavy atom.